The van der Waals surface area contributed by atoms with Crippen molar-refractivity contribution in [2.24, 2.45) is 0 Å². The summed E-state index contributed by atoms with van der Waals surface area (Å²) in [6, 6.07) is 4.71. The maximum atomic E-state index is 11.8. The molecule has 0 aliphatic carbocycles. The first kappa shape index (κ1) is 12.6. The van der Waals surface area contributed by atoms with E-state index in [1.54, 1.807) is 12.1 Å². The summed E-state index contributed by atoms with van der Waals surface area (Å²) < 4.78 is 35.4. The number of benzene rings is 1. The van der Waals surface area contributed by atoms with Crippen molar-refractivity contribution in [3.63, 3.8) is 0 Å². The summed E-state index contributed by atoms with van der Waals surface area (Å²) in [5.74, 6) is 0. The van der Waals surface area contributed by atoms with Gasteiger partial charge >= 0.3 is 6.18 Å². The predicted octanol–water partition coefficient (Wildman–Crippen LogP) is 3.65. The summed E-state index contributed by atoms with van der Waals surface area (Å²) in [5.41, 5.74) is 0.661. The molecule has 0 bridgehead atoms. The Hall–Kier alpha value is -0.450. The van der Waals surface area contributed by atoms with Gasteiger partial charge < -0.3 is 5.32 Å². The lowest BCUT2D eigenvalue weighted by atomic mass is 10.2. The van der Waals surface area contributed by atoms with Gasteiger partial charge in [-0.1, -0.05) is 29.3 Å². The van der Waals surface area contributed by atoms with Crippen molar-refractivity contribution in [3.05, 3.63) is 33.8 Å². The Balaban J connectivity index is 2.48. The number of rotatable bonds is 3. The third kappa shape index (κ3) is 4.73. The average Bonchev–Trinajstić information content (AvgIpc) is 2.09. The van der Waals surface area contributed by atoms with E-state index in [0.29, 0.717) is 15.6 Å². The van der Waals surface area contributed by atoms with Crippen LogP contribution >= 0.6 is 23.2 Å². The molecular weight excluding hydrogens is 250 g/mol. The van der Waals surface area contributed by atoms with Crippen LogP contribution in [0.4, 0.5) is 13.2 Å². The molecule has 1 N–H and O–H groups in total. The molecule has 84 valence electrons. The Morgan fingerprint density at radius 1 is 1.13 bits per heavy atom. The fourth-order valence-electron chi connectivity index (χ4n) is 0.998. The van der Waals surface area contributed by atoms with E-state index in [9.17, 15) is 13.2 Å². The van der Waals surface area contributed by atoms with Crippen LogP contribution in [0.25, 0.3) is 0 Å². The number of hydrogen-bond donors (Lipinski definition) is 1. The Morgan fingerprint density at radius 3 is 2.33 bits per heavy atom. The Morgan fingerprint density at radius 2 is 1.80 bits per heavy atom. The first-order valence-electron chi connectivity index (χ1n) is 4.10. The molecule has 15 heavy (non-hydrogen) atoms. The molecule has 0 amide bonds. The summed E-state index contributed by atoms with van der Waals surface area (Å²) in [4.78, 5) is 0. The molecule has 6 heteroatoms. The van der Waals surface area contributed by atoms with E-state index in [-0.39, 0.29) is 6.54 Å². The molecule has 1 aromatic carbocycles. The predicted molar refractivity (Wildman–Crippen MR) is 54.2 cm³/mol. The quantitative estimate of drug-likeness (QED) is 0.872. The normalized spacial score (nSPS) is 11.8. The monoisotopic (exact) mass is 257 g/mol. The van der Waals surface area contributed by atoms with Gasteiger partial charge in [0.25, 0.3) is 0 Å². The summed E-state index contributed by atoms with van der Waals surface area (Å²) in [5, 5.41) is 2.98. The van der Waals surface area contributed by atoms with Crippen LogP contribution in [0, 0.1) is 0 Å². The van der Waals surface area contributed by atoms with Crippen molar-refractivity contribution in [1.29, 1.82) is 0 Å². The van der Waals surface area contributed by atoms with Crippen molar-refractivity contribution in [3.8, 4) is 0 Å². The molecular formula is C9H8Cl2F3N. The highest BCUT2D eigenvalue weighted by atomic mass is 35.5. The van der Waals surface area contributed by atoms with Crippen LogP contribution in [0.15, 0.2) is 18.2 Å². The van der Waals surface area contributed by atoms with Crippen LogP contribution in [0.3, 0.4) is 0 Å². The topological polar surface area (TPSA) is 12.0 Å². The lowest BCUT2D eigenvalue weighted by Crippen LogP contribution is -2.28. The Bertz CT molecular complexity index is 339. The second kappa shape index (κ2) is 5.05. The van der Waals surface area contributed by atoms with Gasteiger partial charge in [0.1, 0.15) is 0 Å². The van der Waals surface area contributed by atoms with E-state index in [1.165, 1.54) is 6.07 Å². The van der Waals surface area contributed by atoms with Crippen LogP contribution in [-0.4, -0.2) is 12.7 Å². The molecule has 0 aliphatic rings. The number of alkyl halides is 3. The van der Waals surface area contributed by atoms with Crippen LogP contribution in [0.2, 0.25) is 10.0 Å². The summed E-state index contributed by atoms with van der Waals surface area (Å²) in [7, 11) is 0. The van der Waals surface area contributed by atoms with Crippen molar-refractivity contribution < 1.29 is 13.2 Å². The molecule has 0 saturated carbocycles. The molecule has 0 fully saturated rings. The Kier molecular flexibility index (Phi) is 4.25. The minimum atomic E-state index is -4.20. The molecule has 0 atom stereocenters. The highest BCUT2D eigenvalue weighted by molar-refractivity contribution is 6.42. The molecule has 0 heterocycles. The number of nitrogens with one attached hydrogen (secondary N) is 1. The standard InChI is InChI=1S/C9H8Cl2F3N/c10-7-2-1-6(3-8(7)11)4-15-5-9(12,13)14/h1-3,15H,4-5H2. The van der Waals surface area contributed by atoms with Gasteiger partial charge in [0.2, 0.25) is 0 Å². The van der Waals surface area contributed by atoms with Gasteiger partial charge in [-0.15, -0.1) is 0 Å². The largest absolute Gasteiger partial charge is 0.401 e. The van der Waals surface area contributed by atoms with E-state index in [4.69, 9.17) is 23.2 Å². The van der Waals surface area contributed by atoms with Gasteiger partial charge in [-0.25, -0.2) is 0 Å². The van der Waals surface area contributed by atoms with Gasteiger partial charge in [0.05, 0.1) is 16.6 Å². The zero-order chi connectivity index (χ0) is 11.5. The number of halogens is 5. The summed E-state index contributed by atoms with van der Waals surface area (Å²) in [6.07, 6.45) is -4.20. The van der Waals surface area contributed by atoms with Crippen molar-refractivity contribution >= 4 is 23.2 Å². The van der Waals surface area contributed by atoms with Crippen LogP contribution in [0.5, 0.6) is 0 Å². The summed E-state index contributed by atoms with van der Waals surface area (Å²) in [6.45, 7) is -0.913. The second-order valence-corrected chi connectivity index (χ2v) is 3.78. The zero-order valence-corrected chi connectivity index (χ0v) is 9.05. The van der Waals surface area contributed by atoms with Gasteiger partial charge in [-0.2, -0.15) is 13.2 Å². The lowest BCUT2D eigenvalue weighted by Gasteiger charge is -2.08. The fraction of sp³-hybridized carbons (Fsp3) is 0.333. The molecule has 1 aromatic rings. The highest BCUT2D eigenvalue weighted by Gasteiger charge is 2.25. The zero-order valence-electron chi connectivity index (χ0n) is 7.54. The average molecular weight is 258 g/mol. The first-order chi connectivity index (χ1) is 6.88. The third-order valence-electron chi connectivity index (χ3n) is 1.64. The molecule has 0 spiro atoms. The van der Waals surface area contributed by atoms with Crippen molar-refractivity contribution in [2.75, 3.05) is 6.54 Å². The van der Waals surface area contributed by atoms with Crippen LogP contribution < -0.4 is 5.32 Å². The molecule has 0 unspecified atom stereocenters. The highest BCUT2D eigenvalue weighted by Crippen LogP contribution is 2.22. The lowest BCUT2D eigenvalue weighted by molar-refractivity contribution is -0.125. The smallest absolute Gasteiger partial charge is 0.305 e. The minimum Gasteiger partial charge on any atom is -0.305 e. The van der Waals surface area contributed by atoms with E-state index in [0.717, 1.165) is 0 Å². The molecule has 1 nitrogen and oxygen atoms in total. The van der Waals surface area contributed by atoms with Crippen LogP contribution in [-0.2, 0) is 6.54 Å². The van der Waals surface area contributed by atoms with E-state index < -0.39 is 12.7 Å². The van der Waals surface area contributed by atoms with Gasteiger partial charge in [0.15, 0.2) is 0 Å². The fourth-order valence-corrected chi connectivity index (χ4v) is 1.32. The number of hydrogen-bond acceptors (Lipinski definition) is 1. The van der Waals surface area contributed by atoms with Gasteiger partial charge in [-0.3, -0.25) is 0 Å². The van der Waals surface area contributed by atoms with E-state index >= 15 is 0 Å². The van der Waals surface area contributed by atoms with E-state index in [1.807, 2.05) is 0 Å². The molecule has 0 saturated heterocycles. The third-order valence-corrected chi connectivity index (χ3v) is 2.38. The van der Waals surface area contributed by atoms with E-state index in [2.05, 4.69) is 5.32 Å². The second-order valence-electron chi connectivity index (χ2n) is 2.97. The first-order valence-corrected chi connectivity index (χ1v) is 4.85. The van der Waals surface area contributed by atoms with Gasteiger partial charge in [-0.05, 0) is 17.7 Å². The molecule has 0 aliphatic heterocycles. The molecule has 0 aromatic heterocycles. The van der Waals surface area contributed by atoms with Crippen LogP contribution in [0.1, 0.15) is 5.56 Å². The van der Waals surface area contributed by atoms with Gasteiger partial charge in [0, 0.05) is 6.54 Å². The molecule has 0 radical (unpaired) electrons. The Labute approximate surface area is 95.2 Å². The molecule has 1 rings (SSSR count). The van der Waals surface area contributed by atoms with Crippen molar-refractivity contribution in [1.82, 2.24) is 5.32 Å². The maximum absolute atomic E-state index is 11.8. The minimum absolute atomic E-state index is 0.108. The van der Waals surface area contributed by atoms with Crippen molar-refractivity contribution in [2.45, 2.75) is 12.7 Å². The maximum Gasteiger partial charge on any atom is 0.401 e. The SMILES string of the molecule is FC(F)(F)CNCc1ccc(Cl)c(Cl)c1. The summed E-state index contributed by atoms with van der Waals surface area (Å²) >= 11 is 11.4.